The Labute approximate surface area is 92.2 Å². The van der Waals surface area contributed by atoms with Crippen molar-refractivity contribution in [2.45, 2.75) is 31.0 Å². The zero-order valence-electron chi connectivity index (χ0n) is 9.18. The Morgan fingerprint density at radius 3 is 2.31 bits per heavy atom. The number of carbonyl (C=O) groups excluding carboxylic acids is 1. The smallest absolute Gasteiger partial charge is 0.335 e. The molecule has 1 unspecified atom stereocenters. The molecule has 2 fully saturated rings. The molecular weight excluding hydrogens is 221 g/mol. The molecule has 16 heavy (non-hydrogen) atoms. The summed E-state index contributed by atoms with van der Waals surface area (Å²) in [6.45, 7) is 2.04. The van der Waals surface area contributed by atoms with Crippen molar-refractivity contribution in [2.75, 3.05) is 26.7 Å². The fourth-order valence-electron chi connectivity index (χ4n) is 2.68. The summed E-state index contributed by atoms with van der Waals surface area (Å²) in [5.74, 6) is -0.769. The number of hydrogen-bond donors (Lipinski definition) is 0. The molecule has 2 aliphatic heterocycles. The predicted octanol–water partition coefficient (Wildman–Crippen LogP) is 1.25. The van der Waals surface area contributed by atoms with Crippen molar-refractivity contribution in [1.29, 1.82) is 0 Å². The minimum atomic E-state index is -4.39. The van der Waals surface area contributed by atoms with E-state index >= 15 is 0 Å². The summed E-state index contributed by atoms with van der Waals surface area (Å²) < 4.78 is 36.4. The predicted molar refractivity (Wildman–Crippen MR) is 51.8 cm³/mol. The molecule has 2 heterocycles. The third kappa shape index (κ3) is 2.03. The zero-order valence-corrected chi connectivity index (χ0v) is 9.18. The van der Waals surface area contributed by atoms with Gasteiger partial charge in [0.1, 0.15) is 6.42 Å². The lowest BCUT2D eigenvalue weighted by Crippen LogP contribution is -2.63. The van der Waals surface area contributed by atoms with E-state index in [4.69, 9.17) is 0 Å². The number of likely N-dealkylation sites (N-methyl/N-ethyl adjacent to an activating group) is 1. The fraction of sp³-hybridized carbons (Fsp3) is 0.900. The largest absolute Gasteiger partial charge is 0.397 e. The van der Waals surface area contributed by atoms with Crippen LogP contribution >= 0.6 is 0 Å². The third-order valence-corrected chi connectivity index (χ3v) is 3.55. The van der Waals surface area contributed by atoms with Gasteiger partial charge in [0.15, 0.2) is 0 Å². The Morgan fingerprint density at radius 2 is 1.94 bits per heavy atom. The van der Waals surface area contributed by atoms with Gasteiger partial charge in [-0.2, -0.15) is 13.2 Å². The minimum absolute atomic E-state index is 0.295. The van der Waals surface area contributed by atoms with Gasteiger partial charge in [-0.05, 0) is 19.9 Å². The summed E-state index contributed by atoms with van der Waals surface area (Å²) in [5.41, 5.74) is -0.295. The number of alkyl halides is 3. The first-order chi connectivity index (χ1) is 7.32. The van der Waals surface area contributed by atoms with Crippen LogP contribution in [0.25, 0.3) is 0 Å². The number of carbonyl (C=O) groups is 1. The highest BCUT2D eigenvalue weighted by molar-refractivity contribution is 5.78. The van der Waals surface area contributed by atoms with E-state index < -0.39 is 18.5 Å². The van der Waals surface area contributed by atoms with Gasteiger partial charge >= 0.3 is 6.18 Å². The Morgan fingerprint density at radius 1 is 1.31 bits per heavy atom. The lowest BCUT2D eigenvalue weighted by molar-refractivity contribution is -0.172. The highest BCUT2D eigenvalue weighted by Crippen LogP contribution is 2.39. The highest BCUT2D eigenvalue weighted by Gasteiger charge is 2.51. The molecule has 92 valence electrons. The van der Waals surface area contributed by atoms with E-state index in [1.807, 2.05) is 7.05 Å². The van der Waals surface area contributed by atoms with Gasteiger partial charge in [-0.3, -0.25) is 4.79 Å². The van der Waals surface area contributed by atoms with Gasteiger partial charge < -0.3 is 9.80 Å². The van der Waals surface area contributed by atoms with Gasteiger partial charge in [0.2, 0.25) is 5.91 Å². The van der Waals surface area contributed by atoms with Crippen LogP contribution < -0.4 is 0 Å². The summed E-state index contributed by atoms with van der Waals surface area (Å²) in [5, 5.41) is 0. The van der Waals surface area contributed by atoms with Crippen LogP contribution in [0.3, 0.4) is 0 Å². The van der Waals surface area contributed by atoms with E-state index in [0.717, 1.165) is 19.4 Å². The quantitative estimate of drug-likeness (QED) is 0.684. The average molecular weight is 236 g/mol. The van der Waals surface area contributed by atoms with Crippen LogP contribution in [0.1, 0.15) is 19.3 Å². The van der Waals surface area contributed by atoms with E-state index in [9.17, 15) is 18.0 Å². The molecule has 1 spiro atoms. The van der Waals surface area contributed by atoms with Crippen LogP contribution in [0.4, 0.5) is 13.2 Å². The van der Waals surface area contributed by atoms with Gasteiger partial charge in [0.05, 0.1) is 5.54 Å². The summed E-state index contributed by atoms with van der Waals surface area (Å²) in [7, 11) is 1.93. The highest BCUT2D eigenvalue weighted by atomic mass is 19.4. The molecule has 0 saturated carbocycles. The number of halogens is 3. The molecule has 6 heteroatoms. The average Bonchev–Trinajstić information content (AvgIpc) is 2.44. The van der Waals surface area contributed by atoms with Crippen molar-refractivity contribution in [2.24, 2.45) is 0 Å². The number of likely N-dealkylation sites (tertiary alicyclic amines) is 2. The van der Waals surface area contributed by atoms with Gasteiger partial charge in [0.25, 0.3) is 0 Å². The molecule has 2 saturated heterocycles. The van der Waals surface area contributed by atoms with Crippen molar-refractivity contribution < 1.29 is 18.0 Å². The lowest BCUT2D eigenvalue weighted by Gasteiger charge is -2.51. The number of hydrogen-bond acceptors (Lipinski definition) is 2. The van der Waals surface area contributed by atoms with Gasteiger partial charge in [-0.1, -0.05) is 0 Å². The zero-order chi connectivity index (χ0) is 12.0. The third-order valence-electron chi connectivity index (χ3n) is 3.55. The maximum atomic E-state index is 12.1. The van der Waals surface area contributed by atoms with Gasteiger partial charge in [-0.15, -0.1) is 0 Å². The topological polar surface area (TPSA) is 23.6 Å². The standard InChI is InChI=1S/C10H15F3N2O/c1-14-4-2-9(7-14)3-5-15(9)8(16)6-10(11,12)13/h2-7H2,1H3. The van der Waals surface area contributed by atoms with Crippen molar-refractivity contribution in [1.82, 2.24) is 9.80 Å². The lowest BCUT2D eigenvalue weighted by atomic mass is 9.83. The molecule has 0 N–H and O–H groups in total. The molecule has 0 aliphatic carbocycles. The first-order valence-corrected chi connectivity index (χ1v) is 5.38. The first kappa shape index (κ1) is 11.7. The molecule has 0 aromatic carbocycles. The van der Waals surface area contributed by atoms with Crippen molar-refractivity contribution in [3.63, 3.8) is 0 Å². The van der Waals surface area contributed by atoms with Crippen LogP contribution in [-0.4, -0.2) is 54.1 Å². The van der Waals surface area contributed by atoms with Crippen LogP contribution in [0.5, 0.6) is 0 Å². The van der Waals surface area contributed by atoms with Gasteiger partial charge in [0, 0.05) is 19.6 Å². The van der Waals surface area contributed by atoms with E-state index in [1.54, 1.807) is 0 Å². The van der Waals surface area contributed by atoms with Crippen LogP contribution in [0.15, 0.2) is 0 Å². The second-order valence-electron chi connectivity index (χ2n) is 4.80. The van der Waals surface area contributed by atoms with E-state index in [-0.39, 0.29) is 5.54 Å². The maximum Gasteiger partial charge on any atom is 0.397 e. The maximum absolute atomic E-state index is 12.1. The monoisotopic (exact) mass is 236 g/mol. The fourth-order valence-corrected chi connectivity index (χ4v) is 2.68. The van der Waals surface area contributed by atoms with Crippen molar-refractivity contribution in [3.05, 3.63) is 0 Å². The molecule has 2 rings (SSSR count). The molecular formula is C10H15F3N2O. The second kappa shape index (κ2) is 3.61. The van der Waals surface area contributed by atoms with Crippen LogP contribution in [-0.2, 0) is 4.79 Å². The normalized spacial score (nSPS) is 30.9. The van der Waals surface area contributed by atoms with Crippen molar-refractivity contribution in [3.8, 4) is 0 Å². The molecule has 0 bridgehead atoms. The Bertz CT molecular complexity index is 305. The molecule has 3 nitrogen and oxygen atoms in total. The number of amides is 1. The summed E-state index contributed by atoms with van der Waals surface area (Å²) in [6.07, 6.45) is -4.08. The number of rotatable bonds is 1. The molecule has 1 amide bonds. The first-order valence-electron chi connectivity index (χ1n) is 5.38. The second-order valence-corrected chi connectivity index (χ2v) is 4.80. The Hall–Kier alpha value is -0.780. The van der Waals surface area contributed by atoms with Crippen LogP contribution in [0, 0.1) is 0 Å². The van der Waals surface area contributed by atoms with E-state index in [2.05, 4.69) is 4.90 Å². The summed E-state index contributed by atoms with van der Waals surface area (Å²) in [6, 6.07) is 0. The molecule has 1 atom stereocenters. The Kier molecular flexibility index (Phi) is 2.64. The number of nitrogens with zero attached hydrogens (tertiary/aromatic N) is 2. The SMILES string of the molecule is CN1CCC2(CCN2C(=O)CC(F)(F)F)C1. The molecule has 0 aromatic rings. The van der Waals surface area contributed by atoms with Crippen LogP contribution in [0.2, 0.25) is 0 Å². The minimum Gasteiger partial charge on any atom is -0.335 e. The molecule has 0 radical (unpaired) electrons. The molecule has 0 aromatic heterocycles. The van der Waals surface area contributed by atoms with Crippen molar-refractivity contribution >= 4 is 5.91 Å². The Balaban J connectivity index is 1.98. The van der Waals surface area contributed by atoms with E-state index in [1.165, 1.54) is 4.90 Å². The van der Waals surface area contributed by atoms with E-state index in [0.29, 0.717) is 13.1 Å². The summed E-state index contributed by atoms with van der Waals surface area (Å²) in [4.78, 5) is 15.0. The molecule has 2 aliphatic rings. The van der Waals surface area contributed by atoms with Gasteiger partial charge in [-0.25, -0.2) is 0 Å². The summed E-state index contributed by atoms with van der Waals surface area (Å²) >= 11 is 0.